The fourth-order valence-corrected chi connectivity index (χ4v) is 1.61. The Labute approximate surface area is 121 Å². The summed E-state index contributed by atoms with van der Waals surface area (Å²) in [5.74, 6) is -1.60. The van der Waals surface area contributed by atoms with Gasteiger partial charge in [0.2, 0.25) is 5.91 Å². The zero-order chi connectivity index (χ0) is 15.7. The second kappa shape index (κ2) is 9.53. The van der Waals surface area contributed by atoms with Crippen molar-refractivity contribution in [3.63, 3.8) is 0 Å². The molecule has 0 bridgehead atoms. The van der Waals surface area contributed by atoms with Crippen molar-refractivity contribution in [2.45, 2.75) is 47.1 Å². The average molecular weight is 285 g/mol. The van der Waals surface area contributed by atoms with Gasteiger partial charge in [-0.25, -0.2) is 0 Å². The third-order valence-electron chi connectivity index (χ3n) is 2.66. The van der Waals surface area contributed by atoms with Gasteiger partial charge in [-0.2, -0.15) is 0 Å². The minimum atomic E-state index is -0.890. The molecule has 1 N–H and O–H groups in total. The Morgan fingerprint density at radius 3 is 2.30 bits per heavy atom. The van der Waals surface area contributed by atoms with Gasteiger partial charge in [0, 0.05) is 25.8 Å². The van der Waals surface area contributed by atoms with Crippen LogP contribution >= 0.6 is 0 Å². The largest absolute Gasteiger partial charge is 0.481 e. The highest BCUT2D eigenvalue weighted by Gasteiger charge is 2.19. The molecule has 1 amide bonds. The molecule has 0 heterocycles. The maximum Gasteiger partial charge on any atom is 0.308 e. The Bertz CT molecular complexity index is 346. The number of nitrogens with zero attached hydrogens (tertiary/aromatic N) is 1. The number of carbonyl (C=O) groups excluding carboxylic acids is 1. The van der Waals surface area contributed by atoms with Crippen molar-refractivity contribution in [1.82, 2.24) is 4.90 Å². The Balaban J connectivity index is 4.50. The van der Waals surface area contributed by atoms with Gasteiger partial charge in [-0.15, -0.1) is 0 Å². The summed E-state index contributed by atoms with van der Waals surface area (Å²) in [4.78, 5) is 24.6. The number of aliphatic carboxylic acids is 1. The smallest absolute Gasteiger partial charge is 0.308 e. The van der Waals surface area contributed by atoms with Crippen LogP contribution in [-0.4, -0.2) is 47.7 Å². The molecule has 20 heavy (non-hydrogen) atoms. The van der Waals surface area contributed by atoms with E-state index in [2.05, 4.69) is 0 Å². The summed E-state index contributed by atoms with van der Waals surface area (Å²) in [6.45, 7) is 10.5. The third-order valence-corrected chi connectivity index (χ3v) is 2.66. The minimum absolute atomic E-state index is 0.136. The van der Waals surface area contributed by atoms with Crippen molar-refractivity contribution < 1.29 is 19.4 Å². The third kappa shape index (κ3) is 8.69. The molecular weight excluding hydrogens is 258 g/mol. The van der Waals surface area contributed by atoms with E-state index < -0.39 is 11.9 Å². The molecular formula is C15H27NO4. The van der Waals surface area contributed by atoms with Gasteiger partial charge in [0.1, 0.15) is 0 Å². The van der Waals surface area contributed by atoms with Gasteiger partial charge in [0.25, 0.3) is 0 Å². The molecule has 0 aromatic carbocycles. The van der Waals surface area contributed by atoms with Crippen molar-refractivity contribution in [1.29, 1.82) is 0 Å². The Morgan fingerprint density at radius 1 is 1.25 bits per heavy atom. The normalized spacial score (nSPS) is 12.1. The molecule has 0 spiro atoms. The van der Waals surface area contributed by atoms with Crippen LogP contribution in [0.5, 0.6) is 0 Å². The fraction of sp³-hybridized carbons (Fsp3) is 0.733. The van der Waals surface area contributed by atoms with Gasteiger partial charge in [0.15, 0.2) is 0 Å². The number of carboxylic acids is 1. The molecule has 5 heteroatoms. The number of rotatable bonds is 9. The quantitative estimate of drug-likeness (QED) is 0.521. The van der Waals surface area contributed by atoms with Crippen LogP contribution in [0, 0.1) is 5.92 Å². The van der Waals surface area contributed by atoms with Crippen molar-refractivity contribution in [3.8, 4) is 0 Å². The van der Waals surface area contributed by atoms with Crippen LogP contribution in [0.15, 0.2) is 11.6 Å². The first-order valence-corrected chi connectivity index (χ1v) is 7.02. The molecule has 0 aliphatic carbocycles. The molecule has 0 aliphatic heterocycles. The minimum Gasteiger partial charge on any atom is -0.481 e. The number of ether oxygens (including phenoxy) is 1. The van der Waals surface area contributed by atoms with Crippen LogP contribution in [0.4, 0.5) is 0 Å². The lowest BCUT2D eigenvalue weighted by Crippen LogP contribution is -2.37. The highest BCUT2D eigenvalue weighted by atomic mass is 16.5. The van der Waals surface area contributed by atoms with Crippen LogP contribution in [0.25, 0.3) is 0 Å². The molecule has 0 aliphatic rings. The summed E-state index contributed by atoms with van der Waals surface area (Å²) >= 11 is 0. The zero-order valence-electron chi connectivity index (χ0n) is 13.2. The van der Waals surface area contributed by atoms with Crippen molar-refractivity contribution >= 4 is 11.9 Å². The summed E-state index contributed by atoms with van der Waals surface area (Å²) in [5.41, 5.74) is 0.904. The van der Waals surface area contributed by atoms with Gasteiger partial charge >= 0.3 is 5.97 Å². The molecule has 0 saturated heterocycles. The number of carbonyl (C=O) groups is 2. The standard InChI is InChI=1S/C15H27NO4/c1-11(2)9-14(17)16(10-13(5)15(18)19)7-6-8-20-12(3)4/h9,12-13H,6-8,10H2,1-5H3,(H,18,19). The van der Waals surface area contributed by atoms with E-state index in [9.17, 15) is 9.59 Å². The van der Waals surface area contributed by atoms with Crippen molar-refractivity contribution in [2.75, 3.05) is 19.7 Å². The van der Waals surface area contributed by atoms with Crippen LogP contribution in [-0.2, 0) is 14.3 Å². The van der Waals surface area contributed by atoms with Crippen LogP contribution in [0.2, 0.25) is 0 Å². The van der Waals surface area contributed by atoms with E-state index in [-0.39, 0.29) is 18.6 Å². The molecule has 0 radical (unpaired) electrons. The summed E-state index contributed by atoms with van der Waals surface area (Å²) in [6.07, 6.45) is 2.40. The lowest BCUT2D eigenvalue weighted by molar-refractivity contribution is -0.142. The lowest BCUT2D eigenvalue weighted by atomic mass is 10.1. The number of carboxylic acid groups (broad SMARTS) is 1. The summed E-state index contributed by atoms with van der Waals surface area (Å²) in [7, 11) is 0. The molecule has 0 rings (SSSR count). The molecule has 1 unspecified atom stereocenters. The second-order valence-corrected chi connectivity index (χ2v) is 5.52. The molecule has 1 atom stereocenters. The highest BCUT2D eigenvalue weighted by Crippen LogP contribution is 2.05. The Kier molecular flexibility index (Phi) is 8.88. The van der Waals surface area contributed by atoms with E-state index in [0.717, 1.165) is 5.57 Å². The zero-order valence-corrected chi connectivity index (χ0v) is 13.2. The summed E-state index contributed by atoms with van der Waals surface area (Å²) in [6, 6.07) is 0. The summed E-state index contributed by atoms with van der Waals surface area (Å²) < 4.78 is 5.44. The van der Waals surface area contributed by atoms with E-state index >= 15 is 0 Å². The number of hydrogen-bond acceptors (Lipinski definition) is 3. The van der Waals surface area contributed by atoms with E-state index in [0.29, 0.717) is 19.6 Å². The molecule has 0 saturated carbocycles. The van der Waals surface area contributed by atoms with E-state index in [1.165, 1.54) is 6.08 Å². The maximum absolute atomic E-state index is 12.1. The number of amides is 1. The van der Waals surface area contributed by atoms with E-state index in [1.807, 2.05) is 27.7 Å². The van der Waals surface area contributed by atoms with Crippen LogP contribution < -0.4 is 0 Å². The van der Waals surface area contributed by atoms with Gasteiger partial charge in [-0.1, -0.05) is 12.5 Å². The molecule has 0 fully saturated rings. The van der Waals surface area contributed by atoms with Gasteiger partial charge < -0.3 is 14.7 Å². The van der Waals surface area contributed by atoms with Crippen molar-refractivity contribution in [3.05, 3.63) is 11.6 Å². The molecule has 116 valence electrons. The number of allylic oxidation sites excluding steroid dienone is 1. The van der Waals surface area contributed by atoms with Gasteiger partial charge in [-0.05, 0) is 34.1 Å². The monoisotopic (exact) mass is 285 g/mol. The number of hydrogen-bond donors (Lipinski definition) is 1. The first-order valence-electron chi connectivity index (χ1n) is 7.02. The average Bonchev–Trinajstić information content (AvgIpc) is 2.31. The van der Waals surface area contributed by atoms with Crippen LogP contribution in [0.1, 0.15) is 41.0 Å². The molecule has 0 aromatic rings. The topological polar surface area (TPSA) is 66.8 Å². The lowest BCUT2D eigenvalue weighted by Gasteiger charge is -2.23. The van der Waals surface area contributed by atoms with Gasteiger partial charge in [-0.3, -0.25) is 9.59 Å². The first-order chi connectivity index (χ1) is 9.23. The highest BCUT2D eigenvalue weighted by molar-refractivity contribution is 5.88. The van der Waals surface area contributed by atoms with E-state index in [4.69, 9.17) is 9.84 Å². The predicted octanol–water partition coefficient (Wildman–Crippen LogP) is 2.32. The Morgan fingerprint density at radius 2 is 1.85 bits per heavy atom. The van der Waals surface area contributed by atoms with E-state index in [1.54, 1.807) is 11.8 Å². The summed E-state index contributed by atoms with van der Waals surface area (Å²) in [5, 5.41) is 8.96. The fourth-order valence-electron chi connectivity index (χ4n) is 1.61. The molecule has 5 nitrogen and oxygen atoms in total. The SMILES string of the molecule is CC(C)=CC(=O)N(CCCOC(C)C)CC(C)C(=O)O. The van der Waals surface area contributed by atoms with Gasteiger partial charge in [0.05, 0.1) is 12.0 Å². The Hall–Kier alpha value is -1.36. The van der Waals surface area contributed by atoms with Crippen LogP contribution in [0.3, 0.4) is 0 Å². The second-order valence-electron chi connectivity index (χ2n) is 5.52. The first kappa shape index (κ1) is 18.6. The predicted molar refractivity (Wildman–Crippen MR) is 78.5 cm³/mol. The van der Waals surface area contributed by atoms with Crippen molar-refractivity contribution in [2.24, 2.45) is 5.92 Å². The molecule has 0 aromatic heterocycles. The maximum atomic E-state index is 12.1.